The van der Waals surface area contributed by atoms with Crippen LogP contribution in [0.3, 0.4) is 0 Å². The van der Waals surface area contributed by atoms with E-state index in [1.54, 1.807) is 25.1 Å². The van der Waals surface area contributed by atoms with Crippen molar-refractivity contribution in [3.8, 4) is 23.0 Å². The third-order valence-corrected chi connectivity index (χ3v) is 4.02. The highest BCUT2D eigenvalue weighted by Gasteiger charge is 2.23. The first-order valence-electron chi connectivity index (χ1n) is 8.44. The highest BCUT2D eigenvalue weighted by Crippen LogP contribution is 2.32. The second-order valence-electron chi connectivity index (χ2n) is 5.84. The Balaban J connectivity index is 1.76. The highest BCUT2D eigenvalue weighted by atomic mass is 16.6. The van der Waals surface area contributed by atoms with Crippen LogP contribution in [0.4, 0.5) is 5.69 Å². The summed E-state index contributed by atoms with van der Waals surface area (Å²) in [5.41, 5.74) is 0.638. The Morgan fingerprint density at radius 1 is 1.10 bits per heavy atom. The van der Waals surface area contributed by atoms with Gasteiger partial charge >= 0.3 is 5.97 Å². The van der Waals surface area contributed by atoms with E-state index in [4.69, 9.17) is 18.6 Å². The number of ether oxygens (including phenoxy) is 3. The lowest BCUT2D eigenvalue weighted by Gasteiger charge is -2.13. The van der Waals surface area contributed by atoms with Crippen molar-refractivity contribution in [3.05, 3.63) is 64.0 Å². The third-order valence-electron chi connectivity index (χ3n) is 4.02. The van der Waals surface area contributed by atoms with Crippen molar-refractivity contribution in [1.82, 2.24) is 10.2 Å². The van der Waals surface area contributed by atoms with E-state index in [0.29, 0.717) is 11.3 Å². The van der Waals surface area contributed by atoms with Crippen LogP contribution >= 0.6 is 0 Å². The second kappa shape index (κ2) is 8.38. The van der Waals surface area contributed by atoms with Gasteiger partial charge in [0.15, 0.2) is 17.6 Å². The van der Waals surface area contributed by atoms with Gasteiger partial charge in [0.25, 0.3) is 11.6 Å². The standard InChI is InChI=1S/C19H17N3O7/c1-11(28-19(23)14-5-4-6-15(26-2)16(14)27-3)17-20-21-18(29-17)12-7-9-13(10-8-12)22(24)25/h4-11H,1-3H3/t11-/m1/s1. The number of nitrogens with zero attached hydrogens (tertiary/aromatic N) is 3. The van der Waals surface area contributed by atoms with Gasteiger partial charge in [0.05, 0.1) is 19.1 Å². The fraction of sp³-hybridized carbons (Fsp3) is 0.211. The van der Waals surface area contributed by atoms with E-state index in [9.17, 15) is 14.9 Å². The summed E-state index contributed by atoms with van der Waals surface area (Å²) in [5.74, 6) is 0.228. The molecule has 0 radical (unpaired) electrons. The molecule has 1 heterocycles. The molecule has 0 saturated heterocycles. The molecule has 150 valence electrons. The number of hydrogen-bond acceptors (Lipinski definition) is 9. The molecule has 0 saturated carbocycles. The summed E-state index contributed by atoms with van der Waals surface area (Å²) in [5, 5.41) is 18.5. The second-order valence-corrected chi connectivity index (χ2v) is 5.84. The smallest absolute Gasteiger partial charge is 0.342 e. The van der Waals surface area contributed by atoms with Crippen LogP contribution in [0.1, 0.15) is 29.3 Å². The average Bonchev–Trinajstić information content (AvgIpc) is 3.23. The van der Waals surface area contributed by atoms with Crippen molar-refractivity contribution in [2.45, 2.75) is 13.0 Å². The molecule has 10 nitrogen and oxygen atoms in total. The zero-order valence-corrected chi connectivity index (χ0v) is 15.8. The number of nitro groups is 1. The van der Waals surface area contributed by atoms with Crippen molar-refractivity contribution < 1.29 is 28.3 Å². The molecule has 3 rings (SSSR count). The number of rotatable bonds is 7. The quantitative estimate of drug-likeness (QED) is 0.333. The number of nitro benzene ring substituents is 1. The number of non-ortho nitro benzene ring substituents is 1. The van der Waals surface area contributed by atoms with Crippen LogP contribution in [-0.2, 0) is 4.74 Å². The lowest BCUT2D eigenvalue weighted by atomic mass is 10.2. The van der Waals surface area contributed by atoms with E-state index >= 15 is 0 Å². The maximum absolute atomic E-state index is 12.5. The van der Waals surface area contributed by atoms with Crippen LogP contribution < -0.4 is 9.47 Å². The average molecular weight is 399 g/mol. The lowest BCUT2D eigenvalue weighted by Crippen LogP contribution is -2.11. The molecule has 0 unspecified atom stereocenters. The van der Waals surface area contributed by atoms with Crippen molar-refractivity contribution in [2.24, 2.45) is 0 Å². The van der Waals surface area contributed by atoms with Gasteiger partial charge in [-0.1, -0.05) is 6.07 Å². The number of carbonyl (C=O) groups is 1. The molecule has 0 aliphatic carbocycles. The Labute approximate surface area is 165 Å². The minimum absolute atomic E-state index is 0.0528. The van der Waals surface area contributed by atoms with E-state index < -0.39 is 17.0 Å². The molecule has 10 heteroatoms. The van der Waals surface area contributed by atoms with Gasteiger partial charge in [-0.3, -0.25) is 10.1 Å². The van der Waals surface area contributed by atoms with Gasteiger partial charge in [-0.05, 0) is 31.2 Å². The van der Waals surface area contributed by atoms with Gasteiger partial charge in [-0.2, -0.15) is 0 Å². The van der Waals surface area contributed by atoms with Crippen molar-refractivity contribution in [1.29, 1.82) is 0 Å². The summed E-state index contributed by atoms with van der Waals surface area (Å²) in [7, 11) is 2.89. The highest BCUT2D eigenvalue weighted by molar-refractivity contribution is 5.93. The van der Waals surface area contributed by atoms with Gasteiger partial charge in [-0.25, -0.2) is 4.79 Å². The summed E-state index contributed by atoms with van der Waals surface area (Å²) in [6, 6.07) is 10.5. The van der Waals surface area contributed by atoms with Gasteiger partial charge in [0, 0.05) is 17.7 Å². The third kappa shape index (κ3) is 4.15. The minimum Gasteiger partial charge on any atom is -0.493 e. The zero-order chi connectivity index (χ0) is 21.0. The summed E-state index contributed by atoms with van der Waals surface area (Å²) >= 11 is 0. The molecule has 29 heavy (non-hydrogen) atoms. The Bertz CT molecular complexity index is 1030. The molecule has 0 aliphatic rings. The summed E-state index contributed by atoms with van der Waals surface area (Å²) in [6.07, 6.45) is -0.835. The van der Waals surface area contributed by atoms with Gasteiger partial charge < -0.3 is 18.6 Å². The molecule has 0 fully saturated rings. The van der Waals surface area contributed by atoms with Gasteiger partial charge in [0.2, 0.25) is 5.89 Å². The fourth-order valence-electron chi connectivity index (χ4n) is 2.56. The van der Waals surface area contributed by atoms with E-state index in [2.05, 4.69) is 10.2 Å². The van der Waals surface area contributed by atoms with Gasteiger partial charge in [-0.15, -0.1) is 10.2 Å². The number of para-hydroxylation sites is 1. The zero-order valence-electron chi connectivity index (χ0n) is 15.8. The maximum Gasteiger partial charge on any atom is 0.342 e. The van der Waals surface area contributed by atoms with Crippen molar-refractivity contribution in [2.75, 3.05) is 14.2 Å². The predicted octanol–water partition coefficient (Wildman–Crippen LogP) is 3.58. The van der Waals surface area contributed by atoms with Crippen LogP contribution in [0.5, 0.6) is 11.5 Å². The monoisotopic (exact) mass is 399 g/mol. The SMILES string of the molecule is COc1cccc(C(=O)O[C@H](C)c2nnc(-c3ccc([N+](=O)[O-])cc3)o2)c1OC. The van der Waals surface area contributed by atoms with Crippen LogP contribution in [-0.4, -0.2) is 35.3 Å². The van der Waals surface area contributed by atoms with Crippen molar-refractivity contribution in [3.63, 3.8) is 0 Å². The summed E-state index contributed by atoms with van der Waals surface area (Å²) < 4.78 is 21.4. The molecule has 0 bridgehead atoms. The number of hydrogen-bond donors (Lipinski definition) is 0. The molecule has 1 aromatic heterocycles. The van der Waals surface area contributed by atoms with Crippen LogP contribution in [0.25, 0.3) is 11.5 Å². The largest absolute Gasteiger partial charge is 0.493 e. The van der Waals surface area contributed by atoms with Crippen LogP contribution in [0, 0.1) is 10.1 Å². The molecule has 0 N–H and O–H groups in total. The molecule has 1 atom stereocenters. The number of methoxy groups -OCH3 is 2. The number of aromatic nitrogens is 2. The van der Waals surface area contributed by atoms with E-state index in [0.717, 1.165) is 0 Å². The minimum atomic E-state index is -0.835. The maximum atomic E-state index is 12.5. The number of carbonyl (C=O) groups excluding carboxylic acids is 1. The topological polar surface area (TPSA) is 127 Å². The first-order valence-corrected chi connectivity index (χ1v) is 8.44. The summed E-state index contributed by atoms with van der Waals surface area (Å²) in [4.78, 5) is 22.8. The Kier molecular flexibility index (Phi) is 5.72. The number of benzene rings is 2. The first-order chi connectivity index (χ1) is 13.9. The molecular formula is C19H17N3O7. The first kappa shape index (κ1) is 19.8. The molecular weight excluding hydrogens is 382 g/mol. The molecule has 0 amide bonds. The number of esters is 1. The molecule has 0 aliphatic heterocycles. The molecule has 2 aromatic carbocycles. The predicted molar refractivity (Wildman–Crippen MR) is 99.8 cm³/mol. The van der Waals surface area contributed by atoms with E-state index in [1.165, 1.54) is 38.5 Å². The lowest BCUT2D eigenvalue weighted by molar-refractivity contribution is -0.384. The van der Waals surface area contributed by atoms with Crippen LogP contribution in [0.2, 0.25) is 0 Å². The van der Waals surface area contributed by atoms with E-state index in [-0.39, 0.29) is 28.8 Å². The van der Waals surface area contributed by atoms with Crippen LogP contribution in [0.15, 0.2) is 46.9 Å². The Hall–Kier alpha value is -3.95. The van der Waals surface area contributed by atoms with E-state index in [1.807, 2.05) is 0 Å². The molecule has 0 spiro atoms. The normalized spacial score (nSPS) is 11.6. The Morgan fingerprint density at radius 2 is 1.83 bits per heavy atom. The summed E-state index contributed by atoms with van der Waals surface area (Å²) in [6.45, 7) is 1.58. The van der Waals surface area contributed by atoms with Crippen molar-refractivity contribution >= 4 is 11.7 Å². The molecule has 3 aromatic rings. The Morgan fingerprint density at radius 3 is 2.45 bits per heavy atom. The van der Waals surface area contributed by atoms with Gasteiger partial charge in [0.1, 0.15) is 5.56 Å². The fourth-order valence-corrected chi connectivity index (χ4v) is 2.56.